The molecule has 12 nitrogen and oxygen atoms in total. The lowest BCUT2D eigenvalue weighted by atomic mass is 9.95. The predicted molar refractivity (Wildman–Crippen MR) is 180 cm³/mol. The molecule has 0 N–H and O–H groups in total. The smallest absolute Gasteiger partial charge is 0.338 e. The Kier molecular flexibility index (Phi) is 10.6. The van der Waals surface area contributed by atoms with Crippen LogP contribution in [0.2, 0.25) is 0 Å². The largest absolute Gasteiger partial charge is 0.493 e. The van der Waals surface area contributed by atoms with E-state index in [0.717, 1.165) is 5.56 Å². The first-order chi connectivity index (χ1) is 23.2. The molecule has 13 heteroatoms. The zero-order valence-electron chi connectivity index (χ0n) is 27.2. The van der Waals surface area contributed by atoms with Crippen molar-refractivity contribution in [1.29, 1.82) is 0 Å². The van der Waals surface area contributed by atoms with Gasteiger partial charge in [0.15, 0.2) is 27.8 Å². The molecule has 1 aliphatic rings. The van der Waals surface area contributed by atoms with Crippen LogP contribution >= 0.6 is 11.3 Å². The second kappa shape index (κ2) is 15.0. The average molecular weight is 674 g/mol. The number of rotatable bonds is 13. The van der Waals surface area contributed by atoms with Gasteiger partial charge in [0, 0.05) is 12.1 Å². The molecule has 1 aliphatic heterocycles. The van der Waals surface area contributed by atoms with Gasteiger partial charge in [0.25, 0.3) is 11.2 Å². The SMILES string of the molecule is CCOC(=O)C1=C(C)N=c2s/c(=C\c3ccc(OCc4ccc([N+](=O)[O-])cc4)c(OC)c3)c(=O)n2[C@H]1c1ccc(OCC)c(OCC)c1. The second-order valence-corrected chi connectivity index (χ2v) is 11.5. The zero-order chi connectivity index (χ0) is 34.4. The number of nitro groups is 1. The summed E-state index contributed by atoms with van der Waals surface area (Å²) in [7, 11) is 1.51. The number of allylic oxidation sites excluding steroid dienone is 1. The Morgan fingerprint density at radius 3 is 2.29 bits per heavy atom. The number of aromatic nitrogens is 1. The maximum atomic E-state index is 14.1. The van der Waals surface area contributed by atoms with Gasteiger partial charge in [0.05, 0.1) is 53.7 Å². The lowest BCUT2D eigenvalue weighted by molar-refractivity contribution is -0.384. The van der Waals surface area contributed by atoms with Gasteiger partial charge in [-0.1, -0.05) is 23.5 Å². The molecule has 0 aliphatic carbocycles. The van der Waals surface area contributed by atoms with E-state index in [1.165, 1.54) is 35.1 Å². The molecule has 0 saturated heterocycles. The van der Waals surface area contributed by atoms with E-state index in [9.17, 15) is 19.7 Å². The lowest BCUT2D eigenvalue weighted by Crippen LogP contribution is -2.40. The first-order valence-corrected chi connectivity index (χ1v) is 16.1. The average Bonchev–Trinajstić information content (AvgIpc) is 3.38. The van der Waals surface area contributed by atoms with Gasteiger partial charge in [0.1, 0.15) is 6.61 Å². The number of nitro benzene ring substituents is 1. The summed E-state index contributed by atoms with van der Waals surface area (Å²) >= 11 is 1.21. The fourth-order valence-corrected chi connectivity index (χ4v) is 6.31. The number of carbonyl (C=O) groups is 1. The van der Waals surface area contributed by atoms with Crippen LogP contribution in [0.1, 0.15) is 50.4 Å². The molecular weight excluding hydrogens is 638 g/mol. The van der Waals surface area contributed by atoms with E-state index in [1.807, 2.05) is 19.9 Å². The zero-order valence-corrected chi connectivity index (χ0v) is 28.0. The van der Waals surface area contributed by atoms with Gasteiger partial charge in [-0.05, 0) is 86.9 Å². The molecule has 5 rings (SSSR count). The van der Waals surface area contributed by atoms with Crippen molar-refractivity contribution in [3.63, 3.8) is 0 Å². The Hall–Kier alpha value is -5.43. The van der Waals surface area contributed by atoms with Gasteiger partial charge in [-0.25, -0.2) is 9.79 Å². The highest BCUT2D eigenvalue weighted by Gasteiger charge is 2.34. The number of thiazole rings is 1. The van der Waals surface area contributed by atoms with Crippen LogP contribution in [0.25, 0.3) is 6.08 Å². The predicted octanol–water partition coefficient (Wildman–Crippen LogP) is 5.09. The Morgan fingerprint density at radius 2 is 1.62 bits per heavy atom. The minimum absolute atomic E-state index is 0.000647. The maximum Gasteiger partial charge on any atom is 0.338 e. The molecule has 0 fully saturated rings. The van der Waals surface area contributed by atoms with Crippen LogP contribution in [0.15, 0.2) is 81.7 Å². The second-order valence-electron chi connectivity index (χ2n) is 10.5. The summed E-state index contributed by atoms with van der Waals surface area (Å²) in [5.41, 5.74) is 2.45. The number of carbonyl (C=O) groups excluding carboxylic acids is 1. The normalized spacial score (nSPS) is 14.2. The van der Waals surface area contributed by atoms with E-state index < -0.39 is 16.9 Å². The van der Waals surface area contributed by atoms with Gasteiger partial charge >= 0.3 is 5.97 Å². The molecule has 1 aromatic heterocycles. The summed E-state index contributed by atoms with van der Waals surface area (Å²) in [6, 6.07) is 15.9. The summed E-state index contributed by atoms with van der Waals surface area (Å²) in [6.45, 7) is 8.38. The molecule has 48 heavy (non-hydrogen) atoms. The number of non-ortho nitro benzene ring substituents is 1. The maximum absolute atomic E-state index is 14.1. The van der Waals surface area contributed by atoms with Crippen molar-refractivity contribution < 1.29 is 33.4 Å². The third kappa shape index (κ3) is 7.10. The molecule has 0 saturated carbocycles. The summed E-state index contributed by atoms with van der Waals surface area (Å²) in [5, 5.41) is 10.9. The number of ether oxygens (including phenoxy) is 5. The van der Waals surface area contributed by atoms with Crippen LogP contribution in [0.5, 0.6) is 23.0 Å². The third-order valence-corrected chi connectivity index (χ3v) is 8.41. The standard InChI is InChI=1S/C35H35N3O9S/c1-6-44-27-16-12-24(19-29(27)45-7-2)32-31(34(40)46-8-3)21(4)36-35-37(32)33(39)30(48-35)18-23-11-15-26(28(17-23)43-5)47-20-22-9-13-25(14-10-22)38(41)42/h9-19,32H,6-8,20H2,1-5H3/b30-18-/t32-/m0/s1. The minimum atomic E-state index is -0.818. The number of hydrogen-bond donors (Lipinski definition) is 0. The topological polar surface area (TPSA) is 141 Å². The van der Waals surface area contributed by atoms with Crippen molar-refractivity contribution in [3.05, 3.63) is 118 Å². The highest BCUT2D eigenvalue weighted by molar-refractivity contribution is 7.07. The quantitative estimate of drug-likeness (QED) is 0.108. The molecule has 4 aromatic rings. The number of benzene rings is 3. The Bertz CT molecular complexity index is 2050. The molecule has 250 valence electrons. The molecule has 2 heterocycles. The first kappa shape index (κ1) is 33.9. The molecule has 3 aromatic carbocycles. The monoisotopic (exact) mass is 673 g/mol. The van der Waals surface area contributed by atoms with Crippen molar-refractivity contribution in [2.24, 2.45) is 4.99 Å². The van der Waals surface area contributed by atoms with Gasteiger partial charge < -0.3 is 23.7 Å². The van der Waals surface area contributed by atoms with E-state index in [1.54, 1.807) is 62.4 Å². The lowest BCUT2D eigenvalue weighted by Gasteiger charge is -2.25. The van der Waals surface area contributed by atoms with Gasteiger partial charge in [-0.15, -0.1) is 0 Å². The van der Waals surface area contributed by atoms with Crippen molar-refractivity contribution >= 4 is 29.1 Å². The number of hydrogen-bond acceptors (Lipinski definition) is 11. The van der Waals surface area contributed by atoms with Gasteiger partial charge in [-0.3, -0.25) is 19.5 Å². The van der Waals surface area contributed by atoms with Crippen LogP contribution in [0.4, 0.5) is 5.69 Å². The van der Waals surface area contributed by atoms with Crippen molar-refractivity contribution in [2.75, 3.05) is 26.9 Å². The summed E-state index contributed by atoms with van der Waals surface area (Å²) in [6.07, 6.45) is 1.73. The number of esters is 1. The molecular formula is C35H35N3O9S. The molecule has 1 atom stereocenters. The van der Waals surface area contributed by atoms with Gasteiger partial charge in [0.2, 0.25) is 0 Å². The third-order valence-electron chi connectivity index (χ3n) is 7.43. The molecule has 0 radical (unpaired) electrons. The van der Waals surface area contributed by atoms with E-state index >= 15 is 0 Å². The van der Waals surface area contributed by atoms with Gasteiger partial charge in [-0.2, -0.15) is 0 Å². The fraction of sp³-hybridized carbons (Fsp3) is 0.286. The van der Waals surface area contributed by atoms with E-state index in [0.29, 0.717) is 62.4 Å². The number of nitrogens with zero attached hydrogens (tertiary/aromatic N) is 3. The van der Waals surface area contributed by atoms with Crippen LogP contribution in [0, 0.1) is 10.1 Å². The van der Waals surface area contributed by atoms with Crippen LogP contribution in [-0.4, -0.2) is 42.4 Å². The van der Waals surface area contributed by atoms with Crippen LogP contribution in [0.3, 0.4) is 0 Å². The van der Waals surface area contributed by atoms with E-state index in [2.05, 4.69) is 4.99 Å². The summed E-state index contributed by atoms with van der Waals surface area (Å²) < 4.78 is 30.4. The number of fused-ring (bicyclic) bond motifs is 1. The first-order valence-electron chi connectivity index (χ1n) is 15.3. The Labute approximate surface area is 280 Å². The Morgan fingerprint density at radius 1 is 0.938 bits per heavy atom. The summed E-state index contributed by atoms with van der Waals surface area (Å²) in [5.74, 6) is 1.40. The highest BCUT2D eigenvalue weighted by Crippen LogP contribution is 2.36. The summed E-state index contributed by atoms with van der Waals surface area (Å²) in [4.78, 5) is 43.0. The van der Waals surface area contributed by atoms with Crippen molar-refractivity contribution in [1.82, 2.24) is 4.57 Å². The van der Waals surface area contributed by atoms with Crippen molar-refractivity contribution in [3.8, 4) is 23.0 Å². The molecule has 0 bridgehead atoms. The molecule has 0 unspecified atom stereocenters. The highest BCUT2D eigenvalue weighted by atomic mass is 32.1. The molecule has 0 amide bonds. The minimum Gasteiger partial charge on any atom is -0.493 e. The fourth-order valence-electron chi connectivity index (χ4n) is 5.26. The van der Waals surface area contributed by atoms with Crippen molar-refractivity contribution in [2.45, 2.75) is 40.3 Å². The van der Waals surface area contributed by atoms with E-state index in [-0.39, 0.29) is 30.0 Å². The number of methoxy groups -OCH3 is 1. The molecule has 0 spiro atoms. The van der Waals surface area contributed by atoms with Crippen LogP contribution in [-0.2, 0) is 16.1 Å². The Balaban J connectivity index is 1.53. The van der Waals surface area contributed by atoms with E-state index in [4.69, 9.17) is 23.7 Å². The van der Waals surface area contributed by atoms with Crippen LogP contribution < -0.4 is 33.8 Å².